The quantitative estimate of drug-likeness (QED) is 0.465. The molecule has 0 fully saturated rings. The minimum absolute atomic E-state index is 0.382. The molecule has 0 aliphatic carbocycles. The Labute approximate surface area is 67.0 Å². The molecule has 0 aromatic carbocycles. The molecule has 64 valence electrons. The van der Waals surface area contributed by atoms with E-state index in [2.05, 4.69) is 11.3 Å². The Balaban J connectivity index is 3.37. The molecule has 1 atom stereocenters. The molecule has 0 N–H and O–H groups in total. The van der Waals surface area contributed by atoms with Crippen molar-refractivity contribution in [2.45, 2.75) is 20.3 Å². The Morgan fingerprint density at radius 3 is 2.82 bits per heavy atom. The summed E-state index contributed by atoms with van der Waals surface area (Å²) in [4.78, 5) is 10.5. The first kappa shape index (κ1) is 10.0. The fourth-order valence-electron chi connectivity index (χ4n) is 0.430. The molecule has 0 saturated heterocycles. The lowest BCUT2D eigenvalue weighted by Gasteiger charge is -2.07. The Morgan fingerprint density at radius 2 is 2.36 bits per heavy atom. The second-order valence-electron chi connectivity index (χ2n) is 2.36. The highest BCUT2D eigenvalue weighted by molar-refractivity contribution is 5.60. The zero-order valence-corrected chi connectivity index (χ0v) is 7.00. The lowest BCUT2D eigenvalue weighted by Crippen LogP contribution is -2.10. The fourth-order valence-corrected chi connectivity index (χ4v) is 0.430. The summed E-state index contributed by atoms with van der Waals surface area (Å²) < 4.78 is 9.04. The first-order chi connectivity index (χ1) is 5.20. The lowest BCUT2D eigenvalue weighted by molar-refractivity contribution is 0.0727. The largest absolute Gasteiger partial charge is 0.513 e. The molecule has 0 heterocycles. The first-order valence-electron chi connectivity index (χ1n) is 3.65. The van der Waals surface area contributed by atoms with Crippen molar-refractivity contribution in [1.29, 1.82) is 0 Å². The van der Waals surface area contributed by atoms with Crippen LogP contribution >= 0.6 is 0 Å². The average Bonchev–Trinajstić information content (AvgIpc) is 2.01. The zero-order chi connectivity index (χ0) is 8.69. The van der Waals surface area contributed by atoms with Gasteiger partial charge >= 0.3 is 6.16 Å². The SMILES string of the molecule is C=COC(=O)OCC(C)CC. The highest BCUT2D eigenvalue weighted by Crippen LogP contribution is 2.01. The maximum absolute atomic E-state index is 10.5. The van der Waals surface area contributed by atoms with Crippen LogP contribution in [0.4, 0.5) is 4.79 Å². The zero-order valence-electron chi connectivity index (χ0n) is 7.00. The summed E-state index contributed by atoms with van der Waals surface area (Å²) >= 11 is 0. The molecule has 0 radical (unpaired) electrons. The normalized spacial score (nSPS) is 11.8. The number of carbonyl (C=O) groups excluding carboxylic acids is 1. The molecule has 0 aromatic rings. The number of hydrogen-bond acceptors (Lipinski definition) is 3. The average molecular weight is 158 g/mol. The highest BCUT2D eigenvalue weighted by atomic mass is 16.7. The van der Waals surface area contributed by atoms with E-state index in [0.29, 0.717) is 12.5 Å². The smallest absolute Gasteiger partial charge is 0.434 e. The van der Waals surface area contributed by atoms with E-state index in [0.717, 1.165) is 12.7 Å². The van der Waals surface area contributed by atoms with E-state index in [1.165, 1.54) is 0 Å². The highest BCUT2D eigenvalue weighted by Gasteiger charge is 2.04. The number of carbonyl (C=O) groups is 1. The molecule has 0 aliphatic rings. The molecule has 0 spiro atoms. The van der Waals surface area contributed by atoms with Gasteiger partial charge in [-0.2, -0.15) is 0 Å². The van der Waals surface area contributed by atoms with E-state index in [1.807, 2.05) is 13.8 Å². The third kappa shape index (κ3) is 5.45. The molecule has 1 unspecified atom stereocenters. The second-order valence-corrected chi connectivity index (χ2v) is 2.36. The Bertz CT molecular complexity index is 131. The van der Waals surface area contributed by atoms with Crippen molar-refractivity contribution < 1.29 is 14.3 Å². The van der Waals surface area contributed by atoms with Gasteiger partial charge in [0, 0.05) is 0 Å². The van der Waals surface area contributed by atoms with Gasteiger partial charge in [0.15, 0.2) is 0 Å². The van der Waals surface area contributed by atoms with Gasteiger partial charge in [-0.1, -0.05) is 26.8 Å². The topological polar surface area (TPSA) is 35.5 Å². The van der Waals surface area contributed by atoms with Crippen molar-refractivity contribution in [2.75, 3.05) is 6.61 Å². The minimum Gasteiger partial charge on any atom is -0.434 e. The van der Waals surface area contributed by atoms with Crippen LogP contribution < -0.4 is 0 Å². The van der Waals surface area contributed by atoms with Crippen LogP contribution in [0.1, 0.15) is 20.3 Å². The third-order valence-corrected chi connectivity index (χ3v) is 1.36. The van der Waals surface area contributed by atoms with Crippen LogP contribution in [0.5, 0.6) is 0 Å². The molecule has 3 heteroatoms. The van der Waals surface area contributed by atoms with Gasteiger partial charge in [-0.15, -0.1) is 0 Å². The van der Waals surface area contributed by atoms with Gasteiger partial charge in [0.25, 0.3) is 0 Å². The van der Waals surface area contributed by atoms with Crippen molar-refractivity contribution >= 4 is 6.16 Å². The van der Waals surface area contributed by atoms with E-state index >= 15 is 0 Å². The summed E-state index contributed by atoms with van der Waals surface area (Å²) in [7, 11) is 0. The maximum atomic E-state index is 10.5. The van der Waals surface area contributed by atoms with Gasteiger partial charge < -0.3 is 9.47 Å². The van der Waals surface area contributed by atoms with Crippen LogP contribution in [-0.2, 0) is 9.47 Å². The van der Waals surface area contributed by atoms with Gasteiger partial charge in [0.1, 0.15) is 0 Å². The van der Waals surface area contributed by atoms with Crippen LogP contribution in [0.15, 0.2) is 12.8 Å². The van der Waals surface area contributed by atoms with Gasteiger partial charge in [-0.3, -0.25) is 0 Å². The minimum atomic E-state index is -0.680. The van der Waals surface area contributed by atoms with Crippen LogP contribution in [0.3, 0.4) is 0 Å². The summed E-state index contributed by atoms with van der Waals surface area (Å²) in [6, 6.07) is 0. The first-order valence-corrected chi connectivity index (χ1v) is 3.65. The number of rotatable bonds is 4. The van der Waals surface area contributed by atoms with Crippen molar-refractivity contribution in [2.24, 2.45) is 5.92 Å². The lowest BCUT2D eigenvalue weighted by atomic mass is 10.1. The van der Waals surface area contributed by atoms with Gasteiger partial charge in [0.2, 0.25) is 0 Å². The summed E-state index contributed by atoms with van der Waals surface area (Å²) in [5.74, 6) is 0.382. The predicted octanol–water partition coefficient (Wildman–Crippen LogP) is 2.33. The summed E-state index contributed by atoms with van der Waals surface area (Å²) in [6.45, 7) is 7.67. The van der Waals surface area contributed by atoms with Crippen molar-refractivity contribution in [1.82, 2.24) is 0 Å². The van der Waals surface area contributed by atoms with Crippen molar-refractivity contribution in [3.8, 4) is 0 Å². The van der Waals surface area contributed by atoms with Crippen LogP contribution in [0.25, 0.3) is 0 Å². The molecule has 0 saturated carbocycles. The maximum Gasteiger partial charge on any atom is 0.513 e. The Kier molecular flexibility index (Phi) is 5.25. The van der Waals surface area contributed by atoms with Crippen LogP contribution in [0, 0.1) is 5.92 Å². The van der Waals surface area contributed by atoms with Crippen molar-refractivity contribution in [3.05, 3.63) is 12.8 Å². The van der Waals surface area contributed by atoms with Gasteiger partial charge in [0.05, 0.1) is 12.9 Å². The van der Waals surface area contributed by atoms with E-state index < -0.39 is 6.16 Å². The summed E-state index contributed by atoms with van der Waals surface area (Å²) in [5, 5.41) is 0. The molecule has 0 amide bonds. The molecular formula is C8H14O3. The molecule has 3 nitrogen and oxygen atoms in total. The van der Waals surface area contributed by atoms with Crippen LogP contribution in [0.2, 0.25) is 0 Å². The third-order valence-electron chi connectivity index (χ3n) is 1.36. The molecule has 0 aliphatic heterocycles. The molecule has 0 aromatic heterocycles. The Hall–Kier alpha value is -0.990. The molecule has 0 rings (SSSR count). The number of ether oxygens (including phenoxy) is 2. The Morgan fingerprint density at radius 1 is 1.73 bits per heavy atom. The predicted molar refractivity (Wildman–Crippen MR) is 42.1 cm³/mol. The molecule has 0 bridgehead atoms. The van der Waals surface area contributed by atoms with E-state index in [1.54, 1.807) is 0 Å². The summed E-state index contributed by atoms with van der Waals surface area (Å²) in [6.07, 6.45) is 1.36. The fraction of sp³-hybridized carbons (Fsp3) is 0.625. The summed E-state index contributed by atoms with van der Waals surface area (Å²) in [5.41, 5.74) is 0. The monoisotopic (exact) mass is 158 g/mol. The molecular weight excluding hydrogens is 144 g/mol. The second kappa shape index (κ2) is 5.77. The van der Waals surface area contributed by atoms with E-state index in [9.17, 15) is 4.79 Å². The van der Waals surface area contributed by atoms with Crippen molar-refractivity contribution in [3.63, 3.8) is 0 Å². The van der Waals surface area contributed by atoms with E-state index in [4.69, 9.17) is 4.74 Å². The van der Waals surface area contributed by atoms with Gasteiger partial charge in [-0.05, 0) is 5.92 Å². The number of hydrogen-bond donors (Lipinski definition) is 0. The van der Waals surface area contributed by atoms with Gasteiger partial charge in [-0.25, -0.2) is 4.79 Å². The molecule has 11 heavy (non-hydrogen) atoms. The van der Waals surface area contributed by atoms with E-state index in [-0.39, 0.29) is 0 Å². The van der Waals surface area contributed by atoms with Crippen LogP contribution in [-0.4, -0.2) is 12.8 Å². The standard InChI is InChI=1S/C8H14O3/c1-4-7(3)6-11-8(9)10-5-2/h5,7H,2,4,6H2,1,3H3.